The highest BCUT2D eigenvalue weighted by Crippen LogP contribution is 2.19. The van der Waals surface area contributed by atoms with E-state index in [0.29, 0.717) is 11.3 Å². The first kappa shape index (κ1) is 17.5. The highest BCUT2D eigenvalue weighted by atomic mass is 32.2. The molecule has 1 aromatic carbocycles. The molecule has 0 aliphatic carbocycles. The predicted octanol–water partition coefficient (Wildman–Crippen LogP) is 2.37. The van der Waals surface area contributed by atoms with Gasteiger partial charge in [0.15, 0.2) is 11.6 Å². The summed E-state index contributed by atoms with van der Waals surface area (Å²) < 4.78 is 50.2. The summed E-state index contributed by atoms with van der Waals surface area (Å²) in [5.74, 6) is -2.47. The highest BCUT2D eigenvalue weighted by molar-refractivity contribution is 7.88. The second-order valence-electron chi connectivity index (χ2n) is 4.77. The predicted molar refractivity (Wildman–Crippen MR) is 85.2 cm³/mol. The van der Waals surface area contributed by atoms with Gasteiger partial charge in [0.25, 0.3) is 5.91 Å². The molecule has 0 unspecified atom stereocenters. The summed E-state index contributed by atoms with van der Waals surface area (Å²) in [6.45, 7) is 0.240. The molecule has 2 rings (SSSR count). The summed E-state index contributed by atoms with van der Waals surface area (Å²) in [4.78, 5) is 13.3. The molecule has 9 heteroatoms. The van der Waals surface area contributed by atoms with E-state index in [4.69, 9.17) is 0 Å². The first-order chi connectivity index (χ1) is 10.7. The Balaban J connectivity index is 1.96. The third-order valence-corrected chi connectivity index (χ3v) is 4.67. The van der Waals surface area contributed by atoms with Crippen molar-refractivity contribution >= 4 is 33.0 Å². The van der Waals surface area contributed by atoms with Crippen LogP contribution < -0.4 is 10.0 Å². The van der Waals surface area contributed by atoms with Crippen molar-refractivity contribution in [3.8, 4) is 0 Å². The van der Waals surface area contributed by atoms with Crippen molar-refractivity contribution in [1.29, 1.82) is 0 Å². The average Bonchev–Trinajstić information content (AvgIpc) is 2.90. The van der Waals surface area contributed by atoms with Gasteiger partial charge in [-0.25, -0.2) is 21.9 Å². The van der Waals surface area contributed by atoms with Crippen LogP contribution in [0.15, 0.2) is 30.3 Å². The zero-order valence-electron chi connectivity index (χ0n) is 12.1. The SMILES string of the molecule is CS(=O)(=O)NCCc1ccc(C(=O)Nc2ccc(F)c(F)c2)s1. The van der Waals surface area contributed by atoms with Gasteiger partial charge in [0, 0.05) is 23.2 Å². The lowest BCUT2D eigenvalue weighted by Crippen LogP contribution is -2.24. The van der Waals surface area contributed by atoms with E-state index in [1.165, 1.54) is 17.4 Å². The number of carbonyl (C=O) groups excluding carboxylic acids is 1. The molecule has 5 nitrogen and oxygen atoms in total. The van der Waals surface area contributed by atoms with E-state index >= 15 is 0 Å². The summed E-state index contributed by atoms with van der Waals surface area (Å²) >= 11 is 1.20. The Labute approximate surface area is 136 Å². The maximum atomic E-state index is 13.1. The van der Waals surface area contributed by atoms with E-state index in [-0.39, 0.29) is 12.2 Å². The van der Waals surface area contributed by atoms with Crippen molar-refractivity contribution in [1.82, 2.24) is 4.72 Å². The van der Waals surface area contributed by atoms with Gasteiger partial charge in [-0.1, -0.05) is 0 Å². The van der Waals surface area contributed by atoms with E-state index in [1.54, 1.807) is 12.1 Å². The number of amides is 1. The topological polar surface area (TPSA) is 75.3 Å². The van der Waals surface area contributed by atoms with E-state index in [2.05, 4.69) is 10.0 Å². The summed E-state index contributed by atoms with van der Waals surface area (Å²) in [5, 5.41) is 2.47. The normalized spacial score (nSPS) is 11.4. The van der Waals surface area contributed by atoms with Gasteiger partial charge in [0.05, 0.1) is 11.1 Å². The molecule has 23 heavy (non-hydrogen) atoms. The lowest BCUT2D eigenvalue weighted by molar-refractivity contribution is 0.103. The lowest BCUT2D eigenvalue weighted by Gasteiger charge is -2.04. The molecule has 0 radical (unpaired) electrons. The molecule has 0 saturated carbocycles. The van der Waals surface area contributed by atoms with E-state index in [0.717, 1.165) is 23.3 Å². The van der Waals surface area contributed by atoms with Gasteiger partial charge in [-0.3, -0.25) is 4.79 Å². The molecule has 1 amide bonds. The minimum absolute atomic E-state index is 0.155. The zero-order chi connectivity index (χ0) is 17.0. The monoisotopic (exact) mass is 360 g/mol. The molecular weight excluding hydrogens is 346 g/mol. The van der Waals surface area contributed by atoms with Gasteiger partial charge >= 0.3 is 0 Å². The Hall–Kier alpha value is -1.84. The zero-order valence-corrected chi connectivity index (χ0v) is 13.7. The number of rotatable bonds is 6. The summed E-state index contributed by atoms with van der Waals surface area (Å²) in [5.41, 5.74) is 0.155. The quantitative estimate of drug-likeness (QED) is 0.830. The van der Waals surface area contributed by atoms with Crippen LogP contribution in [0.5, 0.6) is 0 Å². The smallest absolute Gasteiger partial charge is 0.265 e. The van der Waals surface area contributed by atoms with Crippen LogP contribution >= 0.6 is 11.3 Å². The summed E-state index contributed by atoms with van der Waals surface area (Å²) in [7, 11) is -3.24. The Morgan fingerprint density at radius 3 is 2.57 bits per heavy atom. The van der Waals surface area contributed by atoms with Crippen molar-refractivity contribution in [2.75, 3.05) is 18.1 Å². The molecular formula is C14H14F2N2O3S2. The van der Waals surface area contributed by atoms with Crippen LogP contribution in [0.2, 0.25) is 0 Å². The first-order valence-electron chi connectivity index (χ1n) is 6.54. The Bertz CT molecular complexity index is 819. The maximum Gasteiger partial charge on any atom is 0.265 e. The highest BCUT2D eigenvalue weighted by Gasteiger charge is 2.11. The van der Waals surface area contributed by atoms with Gasteiger partial charge in [0.2, 0.25) is 10.0 Å². The first-order valence-corrected chi connectivity index (χ1v) is 9.25. The second-order valence-corrected chi connectivity index (χ2v) is 7.77. The van der Waals surface area contributed by atoms with Crippen molar-refractivity contribution in [2.45, 2.75) is 6.42 Å². The Morgan fingerprint density at radius 2 is 1.91 bits per heavy atom. The molecule has 1 aromatic heterocycles. The molecule has 0 atom stereocenters. The number of anilines is 1. The number of hydrogen-bond donors (Lipinski definition) is 2. The summed E-state index contributed by atoms with van der Waals surface area (Å²) in [6.07, 6.45) is 1.53. The number of benzene rings is 1. The van der Waals surface area contributed by atoms with Crippen LogP contribution in [0.3, 0.4) is 0 Å². The number of halogens is 2. The average molecular weight is 360 g/mol. The molecule has 0 spiro atoms. The van der Waals surface area contributed by atoms with Gasteiger partial charge in [-0.05, 0) is 30.7 Å². The number of nitrogens with one attached hydrogen (secondary N) is 2. The van der Waals surface area contributed by atoms with Crippen LogP contribution in [0.25, 0.3) is 0 Å². The van der Waals surface area contributed by atoms with Crippen molar-refractivity contribution in [2.24, 2.45) is 0 Å². The van der Waals surface area contributed by atoms with Gasteiger partial charge in [-0.2, -0.15) is 0 Å². The van der Waals surface area contributed by atoms with Crippen LogP contribution in [-0.2, 0) is 16.4 Å². The fraction of sp³-hybridized carbons (Fsp3) is 0.214. The van der Waals surface area contributed by atoms with Gasteiger partial charge in [0.1, 0.15) is 0 Å². The van der Waals surface area contributed by atoms with E-state index in [1.807, 2.05) is 0 Å². The van der Waals surface area contributed by atoms with E-state index < -0.39 is 27.6 Å². The maximum absolute atomic E-state index is 13.1. The number of carbonyl (C=O) groups is 1. The Kier molecular flexibility index (Phi) is 5.45. The number of thiophene rings is 1. The number of hydrogen-bond acceptors (Lipinski definition) is 4. The summed E-state index contributed by atoms with van der Waals surface area (Å²) in [6, 6.07) is 6.41. The Morgan fingerprint density at radius 1 is 1.17 bits per heavy atom. The van der Waals surface area contributed by atoms with Crippen LogP contribution in [0.4, 0.5) is 14.5 Å². The molecule has 2 aromatic rings. The standard InChI is InChI=1S/C14H14F2N2O3S2/c1-23(20,21)17-7-6-10-3-5-13(22-10)14(19)18-9-2-4-11(15)12(16)8-9/h2-5,8,17H,6-7H2,1H3,(H,18,19). The van der Waals surface area contributed by atoms with E-state index in [9.17, 15) is 22.0 Å². The minimum Gasteiger partial charge on any atom is -0.321 e. The lowest BCUT2D eigenvalue weighted by atomic mass is 10.3. The van der Waals surface area contributed by atoms with Crippen LogP contribution in [0, 0.1) is 11.6 Å². The van der Waals surface area contributed by atoms with Crippen molar-refractivity contribution in [3.63, 3.8) is 0 Å². The van der Waals surface area contributed by atoms with Crippen molar-refractivity contribution < 1.29 is 22.0 Å². The van der Waals surface area contributed by atoms with Gasteiger partial charge < -0.3 is 5.32 Å². The molecule has 1 heterocycles. The van der Waals surface area contributed by atoms with Crippen molar-refractivity contribution in [3.05, 3.63) is 51.7 Å². The third-order valence-electron chi connectivity index (χ3n) is 2.80. The number of sulfonamides is 1. The largest absolute Gasteiger partial charge is 0.321 e. The second kappa shape index (κ2) is 7.16. The van der Waals surface area contributed by atoms with Crippen LogP contribution in [-0.4, -0.2) is 27.1 Å². The fourth-order valence-electron chi connectivity index (χ4n) is 1.76. The molecule has 124 valence electrons. The minimum atomic E-state index is -3.24. The molecule has 2 N–H and O–H groups in total. The molecule has 0 aliphatic rings. The molecule has 0 bridgehead atoms. The third kappa shape index (κ3) is 5.38. The molecule has 0 saturated heterocycles. The molecule has 0 aliphatic heterocycles. The van der Waals surface area contributed by atoms with Crippen LogP contribution in [0.1, 0.15) is 14.5 Å². The molecule has 0 fully saturated rings. The van der Waals surface area contributed by atoms with Gasteiger partial charge in [-0.15, -0.1) is 11.3 Å². The fourth-order valence-corrected chi connectivity index (χ4v) is 3.14.